The summed E-state index contributed by atoms with van der Waals surface area (Å²) in [6, 6.07) is 6.18. The van der Waals surface area contributed by atoms with Gasteiger partial charge in [-0.05, 0) is 25.0 Å². The van der Waals surface area contributed by atoms with Gasteiger partial charge in [0, 0.05) is 45.5 Å². The standard InChI is InChI=1S/C20H26N8O/c1-29-20-24-18(27-9-4-2-3-5-10-27)23-19(25-20)28-13-11-26(12-14-28)17-16(15-21)7-6-8-22-17/h6-8H,2-5,9-14H2,1H3. The molecule has 0 amide bonds. The van der Waals surface area contributed by atoms with Crippen LogP contribution in [0.3, 0.4) is 0 Å². The molecular formula is C20H26N8O. The molecule has 0 radical (unpaired) electrons. The quantitative estimate of drug-likeness (QED) is 0.770. The number of anilines is 3. The zero-order valence-corrected chi connectivity index (χ0v) is 16.8. The van der Waals surface area contributed by atoms with Crippen molar-refractivity contribution in [2.24, 2.45) is 0 Å². The van der Waals surface area contributed by atoms with Crippen molar-refractivity contribution in [2.45, 2.75) is 25.7 Å². The highest BCUT2D eigenvalue weighted by Gasteiger charge is 2.24. The molecule has 0 saturated carbocycles. The third-order valence-corrected chi connectivity index (χ3v) is 5.43. The lowest BCUT2D eigenvalue weighted by Gasteiger charge is -2.35. The second kappa shape index (κ2) is 8.90. The summed E-state index contributed by atoms with van der Waals surface area (Å²) in [6.07, 6.45) is 6.56. The van der Waals surface area contributed by atoms with E-state index in [1.807, 2.05) is 0 Å². The number of hydrogen-bond donors (Lipinski definition) is 0. The zero-order chi connectivity index (χ0) is 20.1. The molecule has 0 bridgehead atoms. The first kappa shape index (κ1) is 19.2. The van der Waals surface area contributed by atoms with Gasteiger partial charge in [-0.1, -0.05) is 12.8 Å². The minimum absolute atomic E-state index is 0.355. The molecule has 2 saturated heterocycles. The third-order valence-electron chi connectivity index (χ3n) is 5.43. The first-order valence-corrected chi connectivity index (χ1v) is 10.2. The van der Waals surface area contributed by atoms with Gasteiger partial charge in [-0.25, -0.2) is 4.98 Å². The van der Waals surface area contributed by atoms with Crippen LogP contribution in [-0.4, -0.2) is 66.3 Å². The van der Waals surface area contributed by atoms with Gasteiger partial charge in [-0.3, -0.25) is 0 Å². The minimum Gasteiger partial charge on any atom is -0.467 e. The van der Waals surface area contributed by atoms with Gasteiger partial charge in [-0.2, -0.15) is 20.2 Å². The van der Waals surface area contributed by atoms with Gasteiger partial charge in [0.1, 0.15) is 11.9 Å². The van der Waals surface area contributed by atoms with Crippen molar-refractivity contribution in [1.29, 1.82) is 5.26 Å². The van der Waals surface area contributed by atoms with Crippen molar-refractivity contribution in [3.63, 3.8) is 0 Å². The number of nitrogens with zero attached hydrogens (tertiary/aromatic N) is 8. The Kier molecular flexibility index (Phi) is 5.89. The summed E-state index contributed by atoms with van der Waals surface area (Å²) in [5.41, 5.74) is 0.603. The van der Waals surface area contributed by atoms with Crippen molar-refractivity contribution in [3.8, 4) is 12.1 Å². The minimum atomic E-state index is 0.355. The van der Waals surface area contributed by atoms with Crippen LogP contribution in [0.4, 0.5) is 17.7 Å². The number of aromatic nitrogens is 4. The molecule has 0 N–H and O–H groups in total. The molecule has 152 valence electrons. The molecule has 2 aliphatic heterocycles. The van der Waals surface area contributed by atoms with Crippen molar-refractivity contribution >= 4 is 17.7 Å². The summed E-state index contributed by atoms with van der Waals surface area (Å²) in [7, 11) is 1.59. The number of hydrogen-bond acceptors (Lipinski definition) is 9. The summed E-state index contributed by atoms with van der Waals surface area (Å²) >= 11 is 0. The van der Waals surface area contributed by atoms with E-state index in [-0.39, 0.29) is 0 Å². The van der Waals surface area contributed by atoms with Crippen molar-refractivity contribution in [2.75, 3.05) is 61.1 Å². The second-order valence-corrected chi connectivity index (χ2v) is 7.28. The van der Waals surface area contributed by atoms with Gasteiger partial charge in [0.15, 0.2) is 0 Å². The summed E-state index contributed by atoms with van der Waals surface area (Å²) in [5.74, 6) is 2.10. The molecule has 9 heteroatoms. The van der Waals surface area contributed by atoms with E-state index in [1.165, 1.54) is 12.8 Å². The Morgan fingerprint density at radius 3 is 2.10 bits per heavy atom. The Labute approximate surface area is 171 Å². The predicted octanol–water partition coefficient (Wildman–Crippen LogP) is 1.85. The number of pyridine rings is 1. The van der Waals surface area contributed by atoms with Crippen LogP contribution in [0, 0.1) is 11.3 Å². The average Bonchev–Trinajstić information content (AvgIpc) is 3.08. The molecule has 2 aliphatic rings. The summed E-state index contributed by atoms with van der Waals surface area (Å²) < 4.78 is 5.36. The molecule has 0 atom stereocenters. The molecule has 0 aliphatic carbocycles. The Morgan fingerprint density at radius 1 is 0.862 bits per heavy atom. The fraction of sp³-hybridized carbons (Fsp3) is 0.550. The van der Waals surface area contributed by atoms with Crippen LogP contribution in [0.25, 0.3) is 0 Å². The Bertz CT molecular complexity index is 867. The number of methoxy groups -OCH3 is 1. The maximum Gasteiger partial charge on any atom is 0.322 e. The van der Waals surface area contributed by atoms with E-state index in [0.29, 0.717) is 23.5 Å². The Hall–Kier alpha value is -3.15. The molecule has 9 nitrogen and oxygen atoms in total. The number of rotatable bonds is 4. The van der Waals surface area contributed by atoms with Crippen LogP contribution < -0.4 is 19.4 Å². The summed E-state index contributed by atoms with van der Waals surface area (Å²) in [5, 5.41) is 9.34. The molecule has 4 heterocycles. The third kappa shape index (κ3) is 4.31. The average molecular weight is 394 g/mol. The first-order chi connectivity index (χ1) is 14.3. The van der Waals surface area contributed by atoms with E-state index in [0.717, 1.165) is 57.9 Å². The van der Waals surface area contributed by atoms with E-state index >= 15 is 0 Å². The number of nitriles is 1. The molecule has 2 aromatic heterocycles. The van der Waals surface area contributed by atoms with Gasteiger partial charge in [0.2, 0.25) is 11.9 Å². The summed E-state index contributed by atoms with van der Waals surface area (Å²) in [6.45, 7) is 4.92. The largest absolute Gasteiger partial charge is 0.467 e. The highest BCUT2D eigenvalue weighted by Crippen LogP contribution is 2.23. The fourth-order valence-corrected chi connectivity index (χ4v) is 3.83. The summed E-state index contributed by atoms with van der Waals surface area (Å²) in [4.78, 5) is 24.7. The molecule has 4 rings (SSSR count). The normalized spacial score (nSPS) is 17.6. The maximum absolute atomic E-state index is 9.34. The lowest BCUT2D eigenvalue weighted by atomic mass is 10.2. The molecule has 2 fully saturated rings. The topological polar surface area (TPSA) is 94.3 Å². The van der Waals surface area contributed by atoms with E-state index < -0.39 is 0 Å². The van der Waals surface area contributed by atoms with Crippen LogP contribution in [0.2, 0.25) is 0 Å². The van der Waals surface area contributed by atoms with Crippen LogP contribution in [-0.2, 0) is 0 Å². The van der Waals surface area contributed by atoms with Gasteiger partial charge >= 0.3 is 6.01 Å². The lowest BCUT2D eigenvalue weighted by molar-refractivity contribution is 0.377. The van der Waals surface area contributed by atoms with Crippen molar-refractivity contribution < 1.29 is 4.74 Å². The SMILES string of the molecule is COc1nc(N2CCCCCC2)nc(N2CCN(c3ncccc3C#N)CC2)n1. The van der Waals surface area contributed by atoms with Crippen LogP contribution in [0.5, 0.6) is 6.01 Å². The van der Waals surface area contributed by atoms with Crippen LogP contribution in [0.1, 0.15) is 31.2 Å². The second-order valence-electron chi connectivity index (χ2n) is 7.28. The first-order valence-electron chi connectivity index (χ1n) is 10.2. The molecule has 29 heavy (non-hydrogen) atoms. The maximum atomic E-state index is 9.34. The van der Waals surface area contributed by atoms with E-state index in [1.54, 1.807) is 25.4 Å². The lowest BCUT2D eigenvalue weighted by Crippen LogP contribution is -2.47. The van der Waals surface area contributed by atoms with E-state index in [4.69, 9.17) is 9.72 Å². The van der Waals surface area contributed by atoms with E-state index in [2.05, 4.69) is 35.7 Å². The van der Waals surface area contributed by atoms with Crippen LogP contribution >= 0.6 is 0 Å². The smallest absolute Gasteiger partial charge is 0.322 e. The Balaban J connectivity index is 1.50. The predicted molar refractivity (Wildman–Crippen MR) is 110 cm³/mol. The molecule has 2 aromatic rings. The molecular weight excluding hydrogens is 368 g/mol. The fourth-order valence-electron chi connectivity index (χ4n) is 3.83. The molecule has 0 aromatic carbocycles. The van der Waals surface area contributed by atoms with Gasteiger partial charge in [-0.15, -0.1) is 0 Å². The Morgan fingerprint density at radius 2 is 1.48 bits per heavy atom. The molecule has 0 spiro atoms. The highest BCUT2D eigenvalue weighted by molar-refractivity contribution is 5.54. The number of piperazine rings is 1. The van der Waals surface area contributed by atoms with Crippen molar-refractivity contribution in [1.82, 2.24) is 19.9 Å². The molecule has 0 unspecified atom stereocenters. The van der Waals surface area contributed by atoms with Gasteiger partial charge in [0.25, 0.3) is 0 Å². The zero-order valence-electron chi connectivity index (χ0n) is 16.8. The van der Waals surface area contributed by atoms with Gasteiger partial charge in [0.05, 0.1) is 12.7 Å². The van der Waals surface area contributed by atoms with Crippen molar-refractivity contribution in [3.05, 3.63) is 23.9 Å². The van der Waals surface area contributed by atoms with Gasteiger partial charge < -0.3 is 19.4 Å². The van der Waals surface area contributed by atoms with Crippen LogP contribution in [0.15, 0.2) is 18.3 Å². The van der Waals surface area contributed by atoms with E-state index in [9.17, 15) is 5.26 Å². The highest BCUT2D eigenvalue weighted by atomic mass is 16.5. The number of ether oxygens (including phenoxy) is 1. The monoisotopic (exact) mass is 394 g/mol.